The van der Waals surface area contributed by atoms with Crippen molar-refractivity contribution >= 4 is 11.9 Å². The molecule has 4 nitrogen and oxygen atoms in total. The minimum absolute atomic E-state index is 0.0893. The van der Waals surface area contributed by atoms with Crippen molar-refractivity contribution in [3.8, 4) is 0 Å². The SMILES string of the molecule is CCCCCCCC/C=C\C(CCCCCCC(=O)O)OC(=O)CCCCC. The van der Waals surface area contributed by atoms with Gasteiger partial charge in [0.05, 0.1) is 0 Å². The first-order valence-electron chi connectivity index (χ1n) is 11.7. The van der Waals surface area contributed by atoms with E-state index >= 15 is 0 Å². The van der Waals surface area contributed by atoms with Gasteiger partial charge in [-0.05, 0) is 44.6 Å². The van der Waals surface area contributed by atoms with E-state index in [1.165, 1.54) is 38.5 Å². The monoisotopic (exact) mass is 396 g/mol. The zero-order valence-corrected chi connectivity index (χ0v) is 18.4. The Morgan fingerprint density at radius 3 is 2.07 bits per heavy atom. The molecule has 0 heterocycles. The summed E-state index contributed by atoms with van der Waals surface area (Å²) in [6, 6.07) is 0. The Morgan fingerprint density at radius 2 is 1.36 bits per heavy atom. The average Bonchev–Trinajstić information content (AvgIpc) is 2.66. The van der Waals surface area contributed by atoms with Crippen LogP contribution in [-0.2, 0) is 14.3 Å². The molecule has 0 amide bonds. The number of hydrogen-bond donors (Lipinski definition) is 1. The molecule has 0 fully saturated rings. The zero-order valence-electron chi connectivity index (χ0n) is 18.4. The predicted molar refractivity (Wildman–Crippen MR) is 116 cm³/mol. The number of carboxylic acid groups (broad SMARTS) is 1. The first-order valence-corrected chi connectivity index (χ1v) is 11.7. The van der Waals surface area contributed by atoms with Gasteiger partial charge >= 0.3 is 11.9 Å². The summed E-state index contributed by atoms with van der Waals surface area (Å²) >= 11 is 0. The van der Waals surface area contributed by atoms with Crippen LogP contribution in [0.3, 0.4) is 0 Å². The lowest BCUT2D eigenvalue weighted by Gasteiger charge is -2.14. The minimum atomic E-state index is -0.725. The van der Waals surface area contributed by atoms with E-state index in [1.807, 2.05) is 0 Å². The van der Waals surface area contributed by atoms with E-state index in [4.69, 9.17) is 9.84 Å². The number of allylic oxidation sites excluding steroid dienone is 1. The van der Waals surface area contributed by atoms with Crippen molar-refractivity contribution in [3.05, 3.63) is 12.2 Å². The molecule has 0 aliphatic carbocycles. The van der Waals surface area contributed by atoms with Gasteiger partial charge in [0, 0.05) is 12.8 Å². The number of carbonyl (C=O) groups is 2. The summed E-state index contributed by atoms with van der Waals surface area (Å²) in [5.41, 5.74) is 0. The van der Waals surface area contributed by atoms with E-state index < -0.39 is 5.97 Å². The standard InChI is InChI=1S/C24H44O4/c1-3-5-7-8-9-10-11-15-18-22(28-24(27)21-14-6-4-2)19-16-12-13-17-20-23(25)26/h15,18,22H,3-14,16-17,19-21H2,1-2H3,(H,25,26)/b18-15-. The van der Waals surface area contributed by atoms with Crippen LogP contribution in [0.1, 0.15) is 123 Å². The molecule has 0 aromatic heterocycles. The molecule has 0 saturated carbocycles. The fourth-order valence-electron chi connectivity index (χ4n) is 3.21. The maximum absolute atomic E-state index is 12.1. The van der Waals surface area contributed by atoms with Gasteiger partial charge in [-0.1, -0.05) is 77.7 Å². The Morgan fingerprint density at radius 1 is 0.786 bits per heavy atom. The van der Waals surface area contributed by atoms with E-state index in [0.717, 1.165) is 57.8 Å². The van der Waals surface area contributed by atoms with Gasteiger partial charge in [0.15, 0.2) is 0 Å². The number of carbonyl (C=O) groups excluding carboxylic acids is 1. The van der Waals surface area contributed by atoms with Crippen molar-refractivity contribution in [1.29, 1.82) is 0 Å². The highest BCUT2D eigenvalue weighted by Crippen LogP contribution is 2.14. The third-order valence-corrected chi connectivity index (χ3v) is 4.97. The van der Waals surface area contributed by atoms with Crippen molar-refractivity contribution < 1.29 is 19.4 Å². The molecular weight excluding hydrogens is 352 g/mol. The molecule has 0 spiro atoms. The molecule has 0 radical (unpaired) electrons. The first-order chi connectivity index (χ1) is 13.6. The molecule has 28 heavy (non-hydrogen) atoms. The molecule has 164 valence electrons. The summed E-state index contributed by atoms with van der Waals surface area (Å²) in [5.74, 6) is -0.815. The number of rotatable bonds is 20. The maximum atomic E-state index is 12.1. The van der Waals surface area contributed by atoms with Gasteiger partial charge in [0.25, 0.3) is 0 Å². The molecule has 0 saturated heterocycles. The van der Waals surface area contributed by atoms with Gasteiger partial charge in [0.2, 0.25) is 0 Å². The number of carboxylic acids is 1. The Bertz CT molecular complexity index is 403. The van der Waals surface area contributed by atoms with Gasteiger partial charge in [-0.3, -0.25) is 9.59 Å². The molecular formula is C24H44O4. The number of aliphatic carboxylic acids is 1. The van der Waals surface area contributed by atoms with Crippen molar-refractivity contribution in [2.24, 2.45) is 0 Å². The van der Waals surface area contributed by atoms with E-state index in [1.54, 1.807) is 0 Å². The second kappa shape index (κ2) is 20.4. The smallest absolute Gasteiger partial charge is 0.306 e. The van der Waals surface area contributed by atoms with E-state index in [2.05, 4.69) is 26.0 Å². The van der Waals surface area contributed by atoms with Crippen LogP contribution in [0.5, 0.6) is 0 Å². The van der Waals surface area contributed by atoms with Crippen LogP contribution >= 0.6 is 0 Å². The normalized spacial score (nSPS) is 12.4. The molecule has 0 bridgehead atoms. The minimum Gasteiger partial charge on any atom is -0.481 e. The van der Waals surface area contributed by atoms with Gasteiger partial charge in [-0.25, -0.2) is 0 Å². The quantitative estimate of drug-likeness (QED) is 0.134. The second-order valence-corrected chi connectivity index (χ2v) is 7.82. The summed E-state index contributed by atoms with van der Waals surface area (Å²) < 4.78 is 5.68. The van der Waals surface area contributed by atoms with Crippen LogP contribution in [0.2, 0.25) is 0 Å². The van der Waals surface area contributed by atoms with Gasteiger partial charge in [0.1, 0.15) is 6.10 Å². The van der Waals surface area contributed by atoms with E-state index in [-0.39, 0.29) is 18.5 Å². The number of unbranched alkanes of at least 4 members (excludes halogenated alkanes) is 11. The Hall–Kier alpha value is -1.32. The highest BCUT2D eigenvalue weighted by molar-refractivity contribution is 5.69. The second-order valence-electron chi connectivity index (χ2n) is 7.82. The fourth-order valence-corrected chi connectivity index (χ4v) is 3.21. The number of ether oxygens (including phenoxy) is 1. The van der Waals surface area contributed by atoms with Gasteiger partial charge in [-0.2, -0.15) is 0 Å². The molecule has 0 aliphatic rings. The zero-order chi connectivity index (χ0) is 20.9. The van der Waals surface area contributed by atoms with Crippen LogP contribution < -0.4 is 0 Å². The van der Waals surface area contributed by atoms with Crippen molar-refractivity contribution in [2.45, 2.75) is 129 Å². The average molecular weight is 397 g/mol. The van der Waals surface area contributed by atoms with Crippen molar-refractivity contribution in [1.82, 2.24) is 0 Å². The number of esters is 1. The molecule has 1 atom stereocenters. The van der Waals surface area contributed by atoms with Crippen LogP contribution in [-0.4, -0.2) is 23.1 Å². The van der Waals surface area contributed by atoms with Crippen LogP contribution in [0, 0.1) is 0 Å². The van der Waals surface area contributed by atoms with Crippen LogP contribution in [0.4, 0.5) is 0 Å². The summed E-state index contributed by atoms with van der Waals surface area (Å²) in [4.78, 5) is 22.6. The largest absolute Gasteiger partial charge is 0.481 e. The lowest BCUT2D eigenvalue weighted by atomic mass is 10.1. The Balaban J connectivity index is 4.14. The number of hydrogen-bond acceptors (Lipinski definition) is 3. The molecule has 1 N–H and O–H groups in total. The third-order valence-electron chi connectivity index (χ3n) is 4.97. The Labute approximate surface area is 173 Å². The highest BCUT2D eigenvalue weighted by atomic mass is 16.5. The summed E-state index contributed by atoms with van der Waals surface area (Å²) in [5, 5.41) is 8.68. The molecule has 0 aliphatic heterocycles. The van der Waals surface area contributed by atoms with Gasteiger partial charge in [-0.15, -0.1) is 0 Å². The van der Waals surface area contributed by atoms with E-state index in [9.17, 15) is 9.59 Å². The fraction of sp³-hybridized carbons (Fsp3) is 0.833. The Kier molecular flexibility index (Phi) is 19.5. The lowest BCUT2D eigenvalue weighted by Crippen LogP contribution is -2.16. The molecule has 0 aromatic carbocycles. The van der Waals surface area contributed by atoms with E-state index in [0.29, 0.717) is 6.42 Å². The molecule has 0 rings (SSSR count). The summed E-state index contributed by atoms with van der Waals surface area (Å²) in [7, 11) is 0. The molecule has 1 unspecified atom stereocenters. The van der Waals surface area contributed by atoms with Crippen molar-refractivity contribution in [2.75, 3.05) is 0 Å². The maximum Gasteiger partial charge on any atom is 0.306 e. The van der Waals surface area contributed by atoms with Crippen LogP contribution in [0.15, 0.2) is 12.2 Å². The highest BCUT2D eigenvalue weighted by Gasteiger charge is 2.11. The molecule has 4 heteroatoms. The third kappa shape index (κ3) is 19.4. The lowest BCUT2D eigenvalue weighted by molar-refractivity contribution is -0.147. The van der Waals surface area contributed by atoms with Crippen LogP contribution in [0.25, 0.3) is 0 Å². The topological polar surface area (TPSA) is 63.6 Å². The molecule has 0 aromatic rings. The summed E-state index contributed by atoms with van der Waals surface area (Å²) in [6.07, 6.45) is 21.2. The predicted octanol–water partition coefficient (Wildman–Crippen LogP) is 7.21. The summed E-state index contributed by atoms with van der Waals surface area (Å²) in [6.45, 7) is 4.36. The van der Waals surface area contributed by atoms with Gasteiger partial charge < -0.3 is 9.84 Å². The van der Waals surface area contributed by atoms with Crippen molar-refractivity contribution in [3.63, 3.8) is 0 Å². The first kappa shape index (κ1) is 26.7.